The smallest absolute Gasteiger partial charge is 0.0679 e. The minimum absolute atomic E-state index is 0.944. The number of nitrogens with zero attached hydrogens (tertiary/aromatic N) is 3. The van der Waals surface area contributed by atoms with Gasteiger partial charge in [0.05, 0.1) is 7.11 Å². The van der Waals surface area contributed by atoms with Gasteiger partial charge in [-0.2, -0.15) is 0 Å². The molecular formula is C7H15N3O. The van der Waals surface area contributed by atoms with E-state index in [4.69, 9.17) is 4.84 Å². The summed E-state index contributed by atoms with van der Waals surface area (Å²) in [5.74, 6) is 0. The first-order valence-electron chi connectivity index (χ1n) is 3.70. The number of unbranched alkanes of at least 4 members (excludes halogenated alkanes) is 1. The van der Waals surface area contributed by atoms with E-state index < -0.39 is 0 Å². The van der Waals surface area contributed by atoms with Crippen molar-refractivity contribution in [1.82, 2.24) is 5.28 Å². The molecular weight excluding hydrogens is 142 g/mol. The molecule has 0 atom stereocenters. The van der Waals surface area contributed by atoms with E-state index in [1.807, 2.05) is 0 Å². The van der Waals surface area contributed by atoms with Crippen LogP contribution in [-0.2, 0) is 4.84 Å². The van der Waals surface area contributed by atoms with Crippen molar-refractivity contribution in [3.8, 4) is 0 Å². The van der Waals surface area contributed by atoms with Crippen molar-refractivity contribution >= 4 is 12.4 Å². The molecule has 0 fully saturated rings. The van der Waals surface area contributed by atoms with Crippen LogP contribution in [0.5, 0.6) is 0 Å². The summed E-state index contributed by atoms with van der Waals surface area (Å²) in [6.45, 7) is 3.90. The van der Waals surface area contributed by atoms with Gasteiger partial charge < -0.3 is 0 Å². The van der Waals surface area contributed by atoms with Crippen molar-refractivity contribution in [3.05, 3.63) is 0 Å². The predicted molar refractivity (Wildman–Crippen MR) is 46.4 cm³/mol. The summed E-state index contributed by atoms with van der Waals surface area (Å²) in [6, 6.07) is 0. The molecule has 0 saturated carbocycles. The van der Waals surface area contributed by atoms with Crippen LogP contribution in [0.15, 0.2) is 10.2 Å². The zero-order chi connectivity index (χ0) is 8.53. The van der Waals surface area contributed by atoms with Crippen LogP contribution in [0.25, 0.3) is 0 Å². The Morgan fingerprint density at radius 1 is 1.45 bits per heavy atom. The van der Waals surface area contributed by atoms with Gasteiger partial charge in [0.2, 0.25) is 0 Å². The minimum Gasteiger partial charge on any atom is -0.239 e. The highest BCUT2D eigenvalue weighted by molar-refractivity contribution is 5.56. The van der Waals surface area contributed by atoms with E-state index in [1.165, 1.54) is 12.4 Å². The lowest BCUT2D eigenvalue weighted by Gasteiger charge is -2.06. The standard InChI is InChI=1S/C7H15N3O/c1-4-6-7-9-10(11-3)8-5-2/h5,7H,4,6H2,1-3H3/b8-5-,9-7+. The van der Waals surface area contributed by atoms with Crippen molar-refractivity contribution < 1.29 is 4.84 Å². The maximum absolute atomic E-state index is 4.77. The van der Waals surface area contributed by atoms with Gasteiger partial charge in [0.1, 0.15) is 0 Å². The van der Waals surface area contributed by atoms with Crippen molar-refractivity contribution in [1.29, 1.82) is 0 Å². The third kappa shape index (κ3) is 5.54. The molecule has 0 N–H and O–H groups in total. The second-order valence-electron chi connectivity index (χ2n) is 1.90. The number of hydrogen-bond acceptors (Lipinski definition) is 4. The molecule has 0 heterocycles. The van der Waals surface area contributed by atoms with Crippen molar-refractivity contribution in [2.45, 2.75) is 26.7 Å². The Morgan fingerprint density at radius 2 is 2.18 bits per heavy atom. The van der Waals surface area contributed by atoms with Gasteiger partial charge in [0, 0.05) is 12.4 Å². The van der Waals surface area contributed by atoms with Crippen LogP contribution in [0.1, 0.15) is 26.7 Å². The Balaban J connectivity index is 3.67. The maximum atomic E-state index is 4.77. The molecule has 4 heteroatoms. The second kappa shape index (κ2) is 7.21. The average molecular weight is 157 g/mol. The minimum atomic E-state index is 0.944. The molecule has 0 aliphatic carbocycles. The van der Waals surface area contributed by atoms with Crippen molar-refractivity contribution in [2.75, 3.05) is 7.11 Å². The summed E-state index contributed by atoms with van der Waals surface area (Å²) in [5.41, 5.74) is 0. The molecule has 0 bridgehead atoms. The molecule has 0 rings (SSSR count). The molecule has 0 saturated heterocycles. The fourth-order valence-corrected chi connectivity index (χ4v) is 0.480. The highest BCUT2D eigenvalue weighted by Crippen LogP contribution is 1.90. The summed E-state index contributed by atoms with van der Waals surface area (Å²) in [7, 11) is 1.52. The molecule has 0 aliphatic rings. The monoisotopic (exact) mass is 157 g/mol. The van der Waals surface area contributed by atoms with E-state index in [0.717, 1.165) is 12.8 Å². The van der Waals surface area contributed by atoms with E-state index >= 15 is 0 Å². The average Bonchev–Trinajstić information content (AvgIpc) is 2.03. The van der Waals surface area contributed by atoms with Crippen LogP contribution in [0, 0.1) is 0 Å². The highest BCUT2D eigenvalue weighted by atomic mass is 16.7. The van der Waals surface area contributed by atoms with Crippen molar-refractivity contribution in [2.24, 2.45) is 10.2 Å². The van der Waals surface area contributed by atoms with Gasteiger partial charge in [-0.1, -0.05) is 13.3 Å². The molecule has 11 heavy (non-hydrogen) atoms. The van der Waals surface area contributed by atoms with Crippen LogP contribution in [0.3, 0.4) is 0 Å². The molecule has 0 aromatic heterocycles. The quantitative estimate of drug-likeness (QED) is 0.449. The van der Waals surface area contributed by atoms with Crippen LogP contribution in [0.2, 0.25) is 0 Å². The van der Waals surface area contributed by atoms with Gasteiger partial charge in [0.25, 0.3) is 0 Å². The van der Waals surface area contributed by atoms with Crippen molar-refractivity contribution in [3.63, 3.8) is 0 Å². The number of hydrogen-bond donors (Lipinski definition) is 0. The first-order valence-corrected chi connectivity index (χ1v) is 3.70. The highest BCUT2D eigenvalue weighted by Gasteiger charge is 1.88. The van der Waals surface area contributed by atoms with E-state index in [9.17, 15) is 0 Å². The molecule has 0 amide bonds. The summed E-state index contributed by atoms with van der Waals surface area (Å²) >= 11 is 0. The summed E-state index contributed by atoms with van der Waals surface area (Å²) < 4.78 is 0. The van der Waals surface area contributed by atoms with Gasteiger partial charge in [-0.15, -0.1) is 10.2 Å². The van der Waals surface area contributed by atoms with Gasteiger partial charge in [-0.05, 0) is 18.6 Å². The number of hydrazone groups is 2. The lowest BCUT2D eigenvalue weighted by atomic mass is 10.4. The van der Waals surface area contributed by atoms with Crippen LogP contribution in [-0.4, -0.2) is 24.8 Å². The van der Waals surface area contributed by atoms with Crippen LogP contribution >= 0.6 is 0 Å². The third-order valence-corrected chi connectivity index (χ3v) is 0.976. The lowest BCUT2D eigenvalue weighted by molar-refractivity contribution is -0.129. The van der Waals surface area contributed by atoms with Crippen LogP contribution in [0.4, 0.5) is 0 Å². The fourth-order valence-electron chi connectivity index (χ4n) is 0.480. The largest absolute Gasteiger partial charge is 0.239 e. The summed E-state index contributed by atoms with van der Waals surface area (Å²) in [5, 5.41) is 8.89. The Labute approximate surface area is 67.5 Å². The Kier molecular flexibility index (Phi) is 6.62. The molecule has 0 aromatic rings. The lowest BCUT2D eigenvalue weighted by Crippen LogP contribution is -2.07. The first-order chi connectivity index (χ1) is 5.35. The zero-order valence-electron chi connectivity index (χ0n) is 7.32. The number of rotatable bonds is 5. The van der Waals surface area contributed by atoms with Gasteiger partial charge in [-0.25, -0.2) is 4.84 Å². The molecule has 0 spiro atoms. The van der Waals surface area contributed by atoms with E-state index in [1.54, 1.807) is 19.4 Å². The normalized spacial score (nSPS) is 11.5. The summed E-state index contributed by atoms with van der Waals surface area (Å²) in [6.07, 6.45) is 5.42. The predicted octanol–water partition coefficient (Wildman–Crippen LogP) is 1.64. The van der Waals surface area contributed by atoms with Gasteiger partial charge in [-0.3, -0.25) is 0 Å². The van der Waals surface area contributed by atoms with E-state index in [0.29, 0.717) is 0 Å². The molecule has 64 valence electrons. The SMILES string of the molecule is C/C=N\N(/N=C/CCC)OC. The maximum Gasteiger partial charge on any atom is 0.0679 e. The van der Waals surface area contributed by atoms with E-state index in [-0.39, 0.29) is 0 Å². The Morgan fingerprint density at radius 3 is 2.64 bits per heavy atom. The Hall–Kier alpha value is -0.900. The molecule has 4 nitrogen and oxygen atoms in total. The van der Waals surface area contributed by atoms with Crippen LogP contribution < -0.4 is 0 Å². The molecule has 0 radical (unpaired) electrons. The molecule has 0 aromatic carbocycles. The molecule has 0 unspecified atom stereocenters. The summed E-state index contributed by atoms with van der Waals surface area (Å²) in [4.78, 5) is 4.77. The Bertz CT molecular complexity index is 134. The third-order valence-electron chi connectivity index (χ3n) is 0.976. The second-order valence-corrected chi connectivity index (χ2v) is 1.90. The van der Waals surface area contributed by atoms with Gasteiger partial charge in [0.15, 0.2) is 0 Å². The van der Waals surface area contributed by atoms with Gasteiger partial charge >= 0.3 is 0 Å². The zero-order valence-corrected chi connectivity index (χ0v) is 7.32. The topological polar surface area (TPSA) is 37.2 Å². The first kappa shape index (κ1) is 10.1. The van der Waals surface area contributed by atoms with E-state index in [2.05, 4.69) is 17.1 Å². The fraction of sp³-hybridized carbons (Fsp3) is 0.714. The molecule has 0 aliphatic heterocycles.